The fourth-order valence-corrected chi connectivity index (χ4v) is 3.98. The van der Waals surface area contributed by atoms with Crippen LogP contribution in [-0.2, 0) is 9.53 Å². The van der Waals surface area contributed by atoms with E-state index in [2.05, 4.69) is 15.9 Å². The van der Waals surface area contributed by atoms with Gasteiger partial charge in [-0.15, -0.1) is 0 Å². The molecule has 0 bridgehead atoms. The van der Waals surface area contributed by atoms with Crippen molar-refractivity contribution in [2.45, 2.75) is 19.4 Å². The zero-order valence-corrected chi connectivity index (χ0v) is 17.0. The Morgan fingerprint density at radius 2 is 1.89 bits per heavy atom. The van der Waals surface area contributed by atoms with Crippen molar-refractivity contribution in [3.05, 3.63) is 64.6 Å². The number of rotatable bonds is 4. The predicted molar refractivity (Wildman–Crippen MR) is 110 cm³/mol. The van der Waals surface area contributed by atoms with E-state index in [1.54, 1.807) is 5.01 Å². The van der Waals surface area contributed by atoms with E-state index in [4.69, 9.17) is 9.84 Å². The molecule has 0 saturated carbocycles. The van der Waals surface area contributed by atoms with Crippen molar-refractivity contribution in [2.75, 3.05) is 18.2 Å². The summed E-state index contributed by atoms with van der Waals surface area (Å²) >= 11 is 3.44. The molecule has 28 heavy (non-hydrogen) atoms. The van der Waals surface area contributed by atoms with Crippen LogP contribution in [-0.4, -0.2) is 41.8 Å². The molecule has 7 heteroatoms. The molecular formula is C21H20BrN3O3. The third-order valence-corrected chi connectivity index (χ3v) is 5.62. The van der Waals surface area contributed by atoms with Crippen LogP contribution in [0.1, 0.15) is 18.9 Å². The lowest BCUT2D eigenvalue weighted by Crippen LogP contribution is -2.49. The van der Waals surface area contributed by atoms with Gasteiger partial charge in [0.25, 0.3) is 5.91 Å². The molecule has 2 amide bonds. The maximum absolute atomic E-state index is 13.4. The first-order valence-corrected chi connectivity index (χ1v) is 10.1. The molecule has 2 aromatic carbocycles. The van der Waals surface area contributed by atoms with Crippen molar-refractivity contribution in [3.8, 4) is 0 Å². The molecule has 2 atom stereocenters. The lowest BCUT2D eigenvalue weighted by Gasteiger charge is -2.28. The van der Waals surface area contributed by atoms with Gasteiger partial charge in [-0.1, -0.05) is 53.2 Å². The summed E-state index contributed by atoms with van der Waals surface area (Å²) in [6.45, 7) is 2.55. The number of imide groups is 1. The highest BCUT2D eigenvalue weighted by Crippen LogP contribution is 2.34. The Hall–Kier alpha value is -2.67. The van der Waals surface area contributed by atoms with Gasteiger partial charge in [0.2, 0.25) is 0 Å². The fraction of sp³-hybridized carbons (Fsp3) is 0.286. The molecule has 2 aromatic rings. The van der Waals surface area contributed by atoms with Gasteiger partial charge in [-0.3, -0.25) is 9.80 Å². The van der Waals surface area contributed by atoms with E-state index in [1.807, 2.05) is 61.5 Å². The van der Waals surface area contributed by atoms with Crippen LogP contribution >= 0.6 is 15.9 Å². The van der Waals surface area contributed by atoms with E-state index in [1.165, 1.54) is 4.90 Å². The van der Waals surface area contributed by atoms with Crippen molar-refractivity contribution in [3.63, 3.8) is 0 Å². The van der Waals surface area contributed by atoms with Crippen LogP contribution in [0.25, 0.3) is 0 Å². The Kier molecular flexibility index (Phi) is 5.17. The Morgan fingerprint density at radius 3 is 2.50 bits per heavy atom. The highest BCUT2D eigenvalue weighted by Gasteiger charge is 2.46. The molecule has 2 aliphatic rings. The summed E-state index contributed by atoms with van der Waals surface area (Å²) in [6, 6.07) is 16.9. The molecular weight excluding hydrogens is 422 g/mol. The molecule has 0 radical (unpaired) electrons. The van der Waals surface area contributed by atoms with Crippen LogP contribution < -0.4 is 5.01 Å². The molecule has 2 aliphatic heterocycles. The van der Waals surface area contributed by atoms with E-state index in [0.717, 1.165) is 27.9 Å². The Balaban J connectivity index is 1.77. The first-order chi connectivity index (χ1) is 13.6. The summed E-state index contributed by atoms with van der Waals surface area (Å²) in [7, 11) is 0. The zero-order valence-electron chi connectivity index (χ0n) is 15.4. The van der Waals surface area contributed by atoms with Gasteiger partial charge in [0, 0.05) is 10.4 Å². The van der Waals surface area contributed by atoms with Crippen LogP contribution in [0.3, 0.4) is 0 Å². The largest absolute Gasteiger partial charge is 0.447 e. The molecule has 0 aromatic heterocycles. The summed E-state index contributed by atoms with van der Waals surface area (Å²) in [4.78, 5) is 26.6. The summed E-state index contributed by atoms with van der Waals surface area (Å²) < 4.78 is 5.93. The lowest BCUT2D eigenvalue weighted by atomic mass is 9.88. The minimum atomic E-state index is -0.591. The monoisotopic (exact) mass is 441 g/mol. The van der Waals surface area contributed by atoms with E-state index < -0.39 is 12.1 Å². The summed E-state index contributed by atoms with van der Waals surface area (Å²) in [5.41, 5.74) is 2.64. The van der Waals surface area contributed by atoms with Gasteiger partial charge in [-0.05, 0) is 36.2 Å². The summed E-state index contributed by atoms with van der Waals surface area (Å²) in [5, 5.41) is 6.59. The maximum atomic E-state index is 13.4. The standard InChI is InChI=1S/C21H20BrN3O3/c1-2-17-18(14-6-4-3-5-7-14)23-25(16-10-8-15(22)9-11-16)19(17)20(26)24-12-13-28-21(24)27/h3-11,17,19H,2,12-13H2,1H3/t17-,19-/m1/s1. The van der Waals surface area contributed by atoms with Gasteiger partial charge in [-0.25, -0.2) is 9.69 Å². The Morgan fingerprint density at radius 1 is 1.18 bits per heavy atom. The molecule has 1 saturated heterocycles. The van der Waals surface area contributed by atoms with Crippen LogP contribution in [0.2, 0.25) is 0 Å². The number of anilines is 1. The molecule has 2 heterocycles. The van der Waals surface area contributed by atoms with Crippen LogP contribution in [0.4, 0.5) is 10.5 Å². The minimum Gasteiger partial charge on any atom is -0.447 e. The number of hydrogen-bond acceptors (Lipinski definition) is 5. The van der Waals surface area contributed by atoms with Crippen molar-refractivity contribution < 1.29 is 14.3 Å². The molecule has 4 rings (SSSR count). The van der Waals surface area contributed by atoms with Gasteiger partial charge in [-0.2, -0.15) is 5.10 Å². The number of halogens is 1. The van der Waals surface area contributed by atoms with Crippen molar-refractivity contribution in [2.24, 2.45) is 11.0 Å². The van der Waals surface area contributed by atoms with E-state index in [0.29, 0.717) is 0 Å². The number of nitrogens with zero attached hydrogens (tertiary/aromatic N) is 3. The smallest absolute Gasteiger partial charge is 0.416 e. The Bertz CT molecular complexity index is 914. The highest BCUT2D eigenvalue weighted by molar-refractivity contribution is 9.10. The summed E-state index contributed by atoms with van der Waals surface area (Å²) in [6.07, 6.45) is 0.142. The zero-order chi connectivity index (χ0) is 19.7. The number of carbonyl (C=O) groups is 2. The van der Waals surface area contributed by atoms with Crippen molar-refractivity contribution in [1.29, 1.82) is 0 Å². The summed E-state index contributed by atoms with van der Waals surface area (Å²) in [5.74, 6) is -0.404. The number of amides is 2. The van der Waals surface area contributed by atoms with E-state index in [-0.39, 0.29) is 25.0 Å². The second-order valence-corrected chi connectivity index (χ2v) is 7.65. The van der Waals surface area contributed by atoms with Gasteiger partial charge in [0.15, 0.2) is 0 Å². The van der Waals surface area contributed by atoms with Gasteiger partial charge in [0.05, 0.1) is 17.9 Å². The van der Waals surface area contributed by atoms with Crippen LogP contribution in [0, 0.1) is 5.92 Å². The number of cyclic esters (lactones) is 1. The number of carbonyl (C=O) groups excluding carboxylic acids is 2. The van der Waals surface area contributed by atoms with Crippen LogP contribution in [0.5, 0.6) is 0 Å². The Labute approximate surface area is 171 Å². The molecule has 1 fully saturated rings. The number of ether oxygens (including phenoxy) is 1. The van der Waals surface area contributed by atoms with Crippen molar-refractivity contribution >= 4 is 39.3 Å². The topological polar surface area (TPSA) is 62.2 Å². The molecule has 144 valence electrons. The third kappa shape index (κ3) is 3.30. The molecule has 0 unspecified atom stereocenters. The average Bonchev–Trinajstić information content (AvgIpc) is 3.32. The van der Waals surface area contributed by atoms with Crippen LogP contribution in [0.15, 0.2) is 64.2 Å². The van der Waals surface area contributed by atoms with E-state index in [9.17, 15) is 9.59 Å². The average molecular weight is 442 g/mol. The van der Waals surface area contributed by atoms with Gasteiger partial charge in [0.1, 0.15) is 12.6 Å². The number of hydrogen-bond donors (Lipinski definition) is 0. The predicted octanol–water partition coefficient (Wildman–Crippen LogP) is 4.05. The second-order valence-electron chi connectivity index (χ2n) is 6.74. The highest BCUT2D eigenvalue weighted by atomic mass is 79.9. The van der Waals surface area contributed by atoms with E-state index >= 15 is 0 Å². The quantitative estimate of drug-likeness (QED) is 0.717. The maximum Gasteiger partial charge on any atom is 0.416 e. The second kappa shape index (κ2) is 7.75. The molecule has 6 nitrogen and oxygen atoms in total. The van der Waals surface area contributed by atoms with Gasteiger partial charge < -0.3 is 4.74 Å². The fourth-order valence-electron chi connectivity index (χ4n) is 3.71. The SMILES string of the molecule is CC[C@@H]1C(c2ccccc2)=NN(c2ccc(Br)cc2)[C@H]1C(=O)N1CCOC1=O. The molecule has 0 aliphatic carbocycles. The van der Waals surface area contributed by atoms with Gasteiger partial charge >= 0.3 is 6.09 Å². The third-order valence-electron chi connectivity index (χ3n) is 5.09. The normalized spacial score (nSPS) is 21.6. The molecule has 0 spiro atoms. The minimum absolute atomic E-state index is 0.132. The first-order valence-electron chi connectivity index (χ1n) is 9.27. The number of benzene rings is 2. The first kappa shape index (κ1) is 18.7. The lowest BCUT2D eigenvalue weighted by molar-refractivity contribution is -0.129. The number of hydrazone groups is 1. The molecule has 0 N–H and O–H groups in total. The van der Waals surface area contributed by atoms with Crippen molar-refractivity contribution in [1.82, 2.24) is 4.90 Å².